The lowest BCUT2D eigenvalue weighted by Gasteiger charge is -2.37. The number of nitrogens with zero attached hydrogens (tertiary/aromatic N) is 1. The molecule has 0 amide bonds. The summed E-state index contributed by atoms with van der Waals surface area (Å²) in [6, 6.07) is 1.12. The summed E-state index contributed by atoms with van der Waals surface area (Å²) in [5, 5.41) is 13.4. The molecule has 0 saturated carbocycles. The Morgan fingerprint density at radius 3 is 1.96 bits per heavy atom. The van der Waals surface area contributed by atoms with Crippen LogP contribution in [0.25, 0.3) is 0 Å². The second-order valence-electron chi connectivity index (χ2n) is 9.91. The van der Waals surface area contributed by atoms with E-state index in [1.165, 1.54) is 0 Å². The molecular formula is C16H43N2O3Si3+. The topological polar surface area (TPSA) is 50.7 Å². The normalized spacial score (nSPS) is 15.6. The zero-order valence-electron chi connectivity index (χ0n) is 17.8. The molecule has 8 heteroatoms. The first-order valence-corrected chi connectivity index (χ1v) is 18.4. The van der Waals surface area contributed by atoms with Crippen LogP contribution in [0.3, 0.4) is 0 Å². The van der Waals surface area contributed by atoms with Crippen LogP contribution in [0, 0.1) is 0 Å². The highest BCUT2D eigenvalue weighted by Gasteiger charge is 2.37. The molecule has 0 aromatic carbocycles. The standard InChI is InChI=1S/C16H43N2O3Si3/c1-18(2,3)15-16(19)14-17-12-11-13-23(7,8)21-24(9,10)20-22(4,5)6/h16-17,19H,11-15H2,1-10H3/q+1. The highest BCUT2D eigenvalue weighted by atomic mass is 28.5. The third kappa shape index (κ3) is 14.8. The quantitative estimate of drug-likeness (QED) is 0.303. The summed E-state index contributed by atoms with van der Waals surface area (Å²) in [5.41, 5.74) is 0. The van der Waals surface area contributed by atoms with Crippen molar-refractivity contribution in [2.75, 3.05) is 40.8 Å². The Morgan fingerprint density at radius 2 is 1.50 bits per heavy atom. The predicted octanol–water partition coefficient (Wildman–Crippen LogP) is 2.81. The molecule has 0 aliphatic heterocycles. The molecule has 0 aliphatic carbocycles. The van der Waals surface area contributed by atoms with E-state index in [2.05, 4.69) is 72.3 Å². The van der Waals surface area contributed by atoms with Gasteiger partial charge in [-0.3, -0.25) is 0 Å². The lowest BCUT2D eigenvalue weighted by atomic mass is 10.3. The van der Waals surface area contributed by atoms with E-state index in [-0.39, 0.29) is 6.10 Å². The molecule has 0 heterocycles. The summed E-state index contributed by atoms with van der Waals surface area (Å²) in [4.78, 5) is 0. The van der Waals surface area contributed by atoms with Crippen LogP contribution in [-0.2, 0) is 8.23 Å². The molecule has 1 unspecified atom stereocenters. The van der Waals surface area contributed by atoms with Crippen LogP contribution in [-0.4, -0.2) is 81.7 Å². The van der Waals surface area contributed by atoms with Crippen LogP contribution < -0.4 is 5.32 Å². The summed E-state index contributed by atoms with van der Waals surface area (Å²) in [6.07, 6.45) is 0.802. The van der Waals surface area contributed by atoms with Gasteiger partial charge in [-0.1, -0.05) is 0 Å². The predicted molar refractivity (Wildman–Crippen MR) is 112 cm³/mol. The first-order chi connectivity index (χ1) is 10.5. The smallest absolute Gasteiger partial charge is 0.311 e. The van der Waals surface area contributed by atoms with Gasteiger partial charge in [0.25, 0.3) is 0 Å². The molecule has 0 spiro atoms. The number of hydrogen-bond acceptors (Lipinski definition) is 4. The molecular weight excluding hydrogens is 352 g/mol. The monoisotopic (exact) mass is 395 g/mol. The molecule has 0 aliphatic rings. The van der Waals surface area contributed by atoms with Gasteiger partial charge in [0.15, 0.2) is 16.6 Å². The molecule has 0 rings (SSSR count). The molecule has 1 atom stereocenters. The maximum absolute atomic E-state index is 10.0. The maximum Gasteiger partial charge on any atom is 0.311 e. The van der Waals surface area contributed by atoms with Gasteiger partial charge in [-0.15, -0.1) is 0 Å². The number of rotatable bonds is 12. The number of aliphatic hydroxyl groups is 1. The summed E-state index contributed by atoms with van der Waals surface area (Å²) in [7, 11) is 1.02. The van der Waals surface area contributed by atoms with Crippen LogP contribution in [0.15, 0.2) is 0 Å². The van der Waals surface area contributed by atoms with E-state index in [4.69, 9.17) is 8.23 Å². The minimum absolute atomic E-state index is 0.289. The van der Waals surface area contributed by atoms with Gasteiger partial charge in [0, 0.05) is 6.54 Å². The van der Waals surface area contributed by atoms with Crippen molar-refractivity contribution in [2.24, 2.45) is 0 Å². The molecule has 0 fully saturated rings. The Hall–Kier alpha value is 0.451. The fraction of sp³-hybridized carbons (Fsp3) is 1.00. The van der Waals surface area contributed by atoms with Gasteiger partial charge in [0.05, 0.1) is 21.1 Å². The van der Waals surface area contributed by atoms with Gasteiger partial charge in [0.2, 0.25) is 0 Å². The summed E-state index contributed by atoms with van der Waals surface area (Å²) >= 11 is 0. The Labute approximate surface area is 153 Å². The van der Waals surface area contributed by atoms with Gasteiger partial charge >= 0.3 is 8.56 Å². The first-order valence-electron chi connectivity index (χ1n) is 9.11. The van der Waals surface area contributed by atoms with E-state index in [0.29, 0.717) is 6.54 Å². The number of likely N-dealkylation sites (N-methyl/N-ethyl adjacent to an activating group) is 1. The Balaban J connectivity index is 4.08. The van der Waals surface area contributed by atoms with Crippen molar-refractivity contribution in [3.63, 3.8) is 0 Å². The van der Waals surface area contributed by atoms with Crippen molar-refractivity contribution in [2.45, 2.75) is 64.4 Å². The van der Waals surface area contributed by atoms with Crippen molar-refractivity contribution < 1.29 is 17.8 Å². The number of quaternary nitrogens is 1. The SMILES string of the molecule is C[N+](C)(C)CC(O)CNCCC[Si](C)(C)O[Si](C)(C)O[Si](C)(C)C. The maximum atomic E-state index is 10.0. The summed E-state index contributed by atoms with van der Waals surface area (Å²) in [6.45, 7) is 18.0. The Morgan fingerprint density at radius 1 is 0.958 bits per heavy atom. The van der Waals surface area contributed by atoms with Gasteiger partial charge in [-0.05, 0) is 64.8 Å². The van der Waals surface area contributed by atoms with Crippen molar-refractivity contribution in [3.8, 4) is 0 Å². The zero-order valence-corrected chi connectivity index (χ0v) is 20.8. The molecule has 0 aromatic heterocycles. The van der Waals surface area contributed by atoms with Crippen molar-refractivity contribution in [1.29, 1.82) is 0 Å². The third-order valence-electron chi connectivity index (χ3n) is 3.34. The molecule has 0 saturated heterocycles. The molecule has 146 valence electrons. The van der Waals surface area contributed by atoms with Crippen molar-refractivity contribution >= 4 is 25.2 Å². The van der Waals surface area contributed by atoms with E-state index in [1.54, 1.807) is 0 Å². The van der Waals surface area contributed by atoms with Crippen LogP contribution >= 0.6 is 0 Å². The minimum Gasteiger partial charge on any atom is -0.437 e. The van der Waals surface area contributed by atoms with Crippen LogP contribution in [0.2, 0.25) is 51.9 Å². The Bertz CT molecular complexity index is 367. The van der Waals surface area contributed by atoms with Gasteiger partial charge < -0.3 is 23.1 Å². The highest BCUT2D eigenvalue weighted by molar-refractivity contribution is 6.87. The first kappa shape index (κ1) is 24.5. The van der Waals surface area contributed by atoms with E-state index in [9.17, 15) is 5.11 Å². The number of aliphatic hydroxyl groups excluding tert-OH is 1. The van der Waals surface area contributed by atoms with Crippen molar-refractivity contribution in [3.05, 3.63) is 0 Å². The van der Waals surface area contributed by atoms with Gasteiger partial charge in [0.1, 0.15) is 12.6 Å². The average molecular weight is 396 g/mol. The summed E-state index contributed by atoms with van der Waals surface area (Å²) in [5.74, 6) is 0. The number of hydrogen-bond donors (Lipinski definition) is 2. The molecule has 0 aromatic rings. The van der Waals surface area contributed by atoms with Crippen molar-refractivity contribution in [1.82, 2.24) is 5.32 Å². The fourth-order valence-electron chi connectivity index (χ4n) is 3.08. The van der Waals surface area contributed by atoms with Gasteiger partial charge in [-0.25, -0.2) is 0 Å². The third-order valence-corrected chi connectivity index (χ3v) is 13.5. The van der Waals surface area contributed by atoms with Gasteiger partial charge in [-0.2, -0.15) is 0 Å². The summed E-state index contributed by atoms with van der Waals surface area (Å²) < 4.78 is 13.6. The van der Waals surface area contributed by atoms with Crippen LogP contribution in [0.5, 0.6) is 0 Å². The van der Waals surface area contributed by atoms with E-state index >= 15 is 0 Å². The molecule has 5 nitrogen and oxygen atoms in total. The molecule has 2 N–H and O–H groups in total. The minimum atomic E-state index is -2.03. The highest BCUT2D eigenvalue weighted by Crippen LogP contribution is 2.23. The molecule has 0 radical (unpaired) electrons. The lowest BCUT2D eigenvalue weighted by Crippen LogP contribution is -2.51. The van der Waals surface area contributed by atoms with E-state index in [1.807, 2.05) is 0 Å². The Kier molecular flexibility index (Phi) is 9.58. The second kappa shape index (κ2) is 9.41. The van der Waals surface area contributed by atoms with E-state index < -0.39 is 25.2 Å². The van der Waals surface area contributed by atoms with E-state index in [0.717, 1.165) is 30.0 Å². The second-order valence-corrected chi connectivity index (χ2v) is 22.6. The fourth-order valence-corrected chi connectivity index (χ4v) is 16.3. The van der Waals surface area contributed by atoms with Crippen LogP contribution in [0.4, 0.5) is 0 Å². The zero-order chi connectivity index (χ0) is 19.2. The lowest BCUT2D eigenvalue weighted by molar-refractivity contribution is -0.873. The number of nitrogens with one attached hydrogen (secondary N) is 1. The molecule has 0 bridgehead atoms. The largest absolute Gasteiger partial charge is 0.437 e. The van der Waals surface area contributed by atoms with Crippen LogP contribution in [0.1, 0.15) is 6.42 Å². The average Bonchev–Trinajstić information content (AvgIpc) is 2.19. The molecule has 24 heavy (non-hydrogen) atoms.